The number of aromatic carboxylic acids is 1. The number of fused-ring (bicyclic) bond motifs is 2. The van der Waals surface area contributed by atoms with Crippen molar-refractivity contribution in [2.24, 2.45) is 5.73 Å². The van der Waals surface area contributed by atoms with Gasteiger partial charge in [0.25, 0.3) is 0 Å². The molecular weight excluding hydrogens is 837 g/mol. The van der Waals surface area contributed by atoms with E-state index in [9.17, 15) is 27.6 Å². The molecule has 180 valence electrons. The number of nitrogens with two attached hydrogens (primary N) is 1. The van der Waals surface area contributed by atoms with Crippen LogP contribution in [0.1, 0.15) is 10.4 Å². The molecule has 0 saturated carbocycles. The number of benzene rings is 3. The number of carboxylic acids is 1. The van der Waals surface area contributed by atoms with Gasteiger partial charge in [-0.25, -0.2) is 4.79 Å². The van der Waals surface area contributed by atoms with E-state index in [0.717, 1.165) is 0 Å². The minimum atomic E-state index is -2.75. The SMILES string of the molecule is C#CCOC(N)=O.O=C([O-])c1ccccc1-c1c2cc(Br)c(=O)cc-2oc2[c]([Hg][OH])c([O-])c(Br)cc12.[Na+].[Na+]. The molecular formula is C24H13Br2HgNNa2O8. The van der Waals surface area contributed by atoms with E-state index in [1.54, 1.807) is 30.3 Å². The van der Waals surface area contributed by atoms with Gasteiger partial charge in [-0.3, -0.25) is 0 Å². The Morgan fingerprint density at radius 2 is 1.79 bits per heavy atom. The summed E-state index contributed by atoms with van der Waals surface area (Å²) in [5.41, 5.74) is 5.66. The first kappa shape index (κ1) is 35.1. The minimum absolute atomic E-state index is 0. The Labute approximate surface area is 290 Å². The number of hydrogen-bond donors (Lipinski definition) is 2. The molecule has 0 saturated heterocycles. The first-order chi connectivity index (χ1) is 17.1. The standard InChI is InChI=1S/C20H9Br2O5.C4H5NO2.Hg.2Na.H2O/c21-13-5-11-17(7-15(13)23)27-18-8-16(24)14(22)6-12(18)19(11)9-3-1-2-4-10(9)20(25)26;1-2-3-7-4(5)6;;;;/h1-7,24H,(H,25,26);1H,3H2,(H2,5,6);;;;1H2/q;;3*+1;/p-3. The van der Waals surface area contributed by atoms with Gasteiger partial charge in [0.15, 0.2) is 6.61 Å². The number of rotatable bonds is 4. The predicted octanol–water partition coefficient (Wildman–Crippen LogP) is -4.14. The summed E-state index contributed by atoms with van der Waals surface area (Å²) < 4.78 is 20.7. The number of hydrogen-bond acceptors (Lipinski definition) is 8. The van der Waals surface area contributed by atoms with Gasteiger partial charge in [-0.05, 0) is 0 Å². The molecule has 1 heterocycles. The van der Waals surface area contributed by atoms with Gasteiger partial charge in [0.05, 0.1) is 0 Å². The molecule has 1 aliphatic carbocycles. The summed E-state index contributed by atoms with van der Waals surface area (Å²) in [7, 11) is 0. The van der Waals surface area contributed by atoms with Crippen molar-refractivity contribution >= 4 is 58.0 Å². The summed E-state index contributed by atoms with van der Waals surface area (Å²) in [6.45, 7) is -0.0463. The number of carbonyl (C=O) groups is 2. The van der Waals surface area contributed by atoms with Gasteiger partial charge in [0.1, 0.15) is 0 Å². The predicted molar refractivity (Wildman–Crippen MR) is 130 cm³/mol. The fraction of sp³-hybridized carbons (Fsp3) is 0.0417. The Morgan fingerprint density at radius 1 is 1.13 bits per heavy atom. The number of amides is 1. The minimum Gasteiger partial charge on any atom is 1.00 e. The Hall–Kier alpha value is -0.915. The Morgan fingerprint density at radius 3 is 2.34 bits per heavy atom. The molecule has 9 nitrogen and oxygen atoms in total. The second-order valence-corrected chi connectivity index (χ2v) is 12.8. The molecule has 38 heavy (non-hydrogen) atoms. The molecule has 0 atom stereocenters. The second kappa shape index (κ2) is 15.8. The van der Waals surface area contributed by atoms with Crippen LogP contribution in [0.25, 0.3) is 33.4 Å². The van der Waals surface area contributed by atoms with Gasteiger partial charge in [-0.2, -0.15) is 0 Å². The summed E-state index contributed by atoms with van der Waals surface area (Å²) >= 11 is 3.71. The Bertz CT molecular complexity index is 1570. The van der Waals surface area contributed by atoms with Crippen LogP contribution in [0.15, 0.2) is 60.6 Å². The monoisotopic (exact) mass is 849 g/mol. The van der Waals surface area contributed by atoms with Crippen molar-refractivity contribution in [2.75, 3.05) is 6.61 Å². The van der Waals surface area contributed by atoms with Gasteiger partial charge < -0.3 is 10.5 Å². The van der Waals surface area contributed by atoms with Crippen molar-refractivity contribution in [3.8, 4) is 40.5 Å². The van der Waals surface area contributed by atoms with E-state index in [-0.39, 0.29) is 106 Å². The summed E-state index contributed by atoms with van der Waals surface area (Å²) in [6, 6.07) is 10.7. The van der Waals surface area contributed by atoms with Crippen molar-refractivity contribution < 1.29 is 116 Å². The Kier molecular flexibility index (Phi) is 14.6. The quantitative estimate of drug-likeness (QED) is 0.119. The molecule has 14 heteroatoms. The zero-order valence-corrected chi connectivity index (χ0v) is 32.8. The van der Waals surface area contributed by atoms with Crippen molar-refractivity contribution in [3.05, 3.63) is 67.2 Å². The van der Waals surface area contributed by atoms with E-state index in [1.165, 1.54) is 12.1 Å². The van der Waals surface area contributed by atoms with Gasteiger partial charge in [0.2, 0.25) is 0 Å². The zero-order chi connectivity index (χ0) is 26.6. The molecule has 2 aromatic carbocycles. The van der Waals surface area contributed by atoms with Crippen molar-refractivity contribution in [3.63, 3.8) is 0 Å². The van der Waals surface area contributed by atoms with Gasteiger partial charge in [-0.1, -0.05) is 5.92 Å². The largest absolute Gasteiger partial charge is 1.00 e. The average Bonchev–Trinajstić information content (AvgIpc) is 2.84. The van der Waals surface area contributed by atoms with Crippen molar-refractivity contribution in [2.45, 2.75) is 0 Å². The van der Waals surface area contributed by atoms with E-state index in [1.807, 2.05) is 0 Å². The number of carboxylic acid groups (broad SMARTS) is 1. The molecule has 3 N–H and O–H groups in total. The van der Waals surface area contributed by atoms with Crippen LogP contribution in [-0.2, 0) is 29.8 Å². The molecule has 0 fully saturated rings. The molecule has 0 radical (unpaired) electrons. The smallest absolute Gasteiger partial charge is 1.00 e. The third-order valence-electron chi connectivity index (χ3n) is 4.94. The van der Waals surface area contributed by atoms with E-state index >= 15 is 0 Å². The van der Waals surface area contributed by atoms with E-state index < -0.39 is 37.1 Å². The molecule has 0 unspecified atom stereocenters. The van der Waals surface area contributed by atoms with Crippen LogP contribution in [0.3, 0.4) is 0 Å². The van der Waals surface area contributed by atoms with Crippen molar-refractivity contribution in [1.29, 1.82) is 0 Å². The van der Waals surface area contributed by atoms with Crippen LogP contribution < -0.4 is 83.6 Å². The number of terminal acetylenes is 1. The fourth-order valence-corrected chi connectivity index (χ4v) is 8.16. The third-order valence-corrected chi connectivity index (χ3v) is 9.87. The van der Waals surface area contributed by atoms with Crippen molar-refractivity contribution in [1.82, 2.24) is 0 Å². The maximum absolute atomic E-state index is 12.5. The molecule has 0 bridgehead atoms. The van der Waals surface area contributed by atoms with Crippen LogP contribution in [0.4, 0.5) is 4.79 Å². The fourth-order valence-electron chi connectivity index (χ4n) is 3.47. The van der Waals surface area contributed by atoms with Crippen LogP contribution in [0.5, 0.6) is 5.75 Å². The van der Waals surface area contributed by atoms with Gasteiger partial charge >= 0.3 is 260 Å². The number of primary amides is 1. The second-order valence-electron chi connectivity index (χ2n) is 7.10. The van der Waals surface area contributed by atoms with Crippen LogP contribution in [0.2, 0.25) is 0 Å². The number of halogens is 2. The summed E-state index contributed by atoms with van der Waals surface area (Å²) in [4.78, 5) is 33.6. The Balaban J connectivity index is 0.000000712. The van der Waals surface area contributed by atoms with E-state index in [0.29, 0.717) is 22.1 Å². The first-order valence-electron chi connectivity index (χ1n) is 9.96. The van der Waals surface area contributed by atoms with Crippen LogP contribution >= 0.6 is 31.9 Å². The molecule has 4 rings (SSSR count). The van der Waals surface area contributed by atoms with Crippen LogP contribution in [0, 0.1) is 12.3 Å². The summed E-state index contributed by atoms with van der Waals surface area (Å²) in [5.74, 6) is 0.554. The molecule has 0 spiro atoms. The summed E-state index contributed by atoms with van der Waals surface area (Å²) in [6.07, 6.45) is 3.86. The molecule has 2 aliphatic rings. The normalized spacial score (nSPS) is 9.63. The molecule has 2 aromatic rings. The maximum atomic E-state index is 12.5. The maximum Gasteiger partial charge on any atom is 1.00 e. The molecule has 1 amide bonds. The van der Waals surface area contributed by atoms with Gasteiger partial charge in [-0.15, -0.1) is 6.42 Å². The first-order valence-corrected chi connectivity index (χ1v) is 16.8. The number of carbonyl (C=O) groups excluding carboxylic acids is 2. The van der Waals surface area contributed by atoms with Gasteiger partial charge in [0, 0.05) is 0 Å². The molecule has 1 aliphatic heterocycles. The third kappa shape index (κ3) is 7.84. The summed E-state index contributed by atoms with van der Waals surface area (Å²) in [5, 5.41) is 24.7. The zero-order valence-electron chi connectivity index (χ0n) is 20.2. The number of ether oxygens (including phenoxy) is 1. The van der Waals surface area contributed by atoms with E-state index in [2.05, 4.69) is 48.3 Å². The van der Waals surface area contributed by atoms with E-state index in [4.69, 9.17) is 10.8 Å². The molecule has 0 aromatic heterocycles. The van der Waals surface area contributed by atoms with Crippen LogP contribution in [-0.4, -0.2) is 21.7 Å². The average molecular weight is 850 g/mol. The topological polar surface area (TPSA) is 166 Å².